The number of rotatable bonds is 7. The summed E-state index contributed by atoms with van der Waals surface area (Å²) in [7, 11) is 0. The van der Waals surface area contributed by atoms with Crippen LogP contribution in [0.5, 0.6) is 0 Å². The lowest BCUT2D eigenvalue weighted by Gasteiger charge is -2.08. The van der Waals surface area contributed by atoms with E-state index < -0.39 is 23.9 Å². The fourth-order valence-corrected chi connectivity index (χ4v) is 0.882. The largest absolute Gasteiger partial charge is 0.481 e. The molecule has 0 heterocycles. The van der Waals surface area contributed by atoms with E-state index in [2.05, 4.69) is 4.74 Å². The Morgan fingerprint density at radius 3 is 2.38 bits per heavy atom. The second kappa shape index (κ2) is 7.77. The van der Waals surface area contributed by atoms with Crippen molar-refractivity contribution in [2.45, 2.75) is 31.7 Å². The van der Waals surface area contributed by atoms with Gasteiger partial charge in [0.15, 0.2) is 0 Å². The zero-order valence-corrected chi connectivity index (χ0v) is 8.85. The number of hydrogen-bond acceptors (Lipinski definition) is 6. The topological polar surface area (TPSA) is 133 Å². The van der Waals surface area contributed by atoms with E-state index in [1.165, 1.54) is 0 Å². The standard InChI is InChI=1S/C9H16N2O5/c10-5-1-2-8(14)16-9(15)6(11)3-4-7(12)13/h6H,1-5,10-11H2,(H,12,13)/t6-/m0/s1. The highest BCUT2D eigenvalue weighted by Gasteiger charge is 2.19. The summed E-state index contributed by atoms with van der Waals surface area (Å²) in [4.78, 5) is 32.3. The van der Waals surface area contributed by atoms with Crippen LogP contribution in [0.2, 0.25) is 0 Å². The Morgan fingerprint density at radius 2 is 1.88 bits per heavy atom. The van der Waals surface area contributed by atoms with Crippen LogP contribution in [0.4, 0.5) is 0 Å². The summed E-state index contributed by atoms with van der Waals surface area (Å²) < 4.78 is 4.40. The van der Waals surface area contributed by atoms with E-state index in [1.807, 2.05) is 0 Å². The Labute approximate surface area is 92.7 Å². The molecule has 16 heavy (non-hydrogen) atoms. The molecule has 92 valence electrons. The minimum atomic E-state index is -1.09. The van der Waals surface area contributed by atoms with E-state index in [0.29, 0.717) is 13.0 Å². The zero-order chi connectivity index (χ0) is 12.6. The van der Waals surface area contributed by atoms with Crippen molar-refractivity contribution in [2.75, 3.05) is 6.54 Å². The smallest absolute Gasteiger partial charge is 0.330 e. The van der Waals surface area contributed by atoms with E-state index in [-0.39, 0.29) is 19.3 Å². The fraction of sp³-hybridized carbons (Fsp3) is 0.667. The van der Waals surface area contributed by atoms with Crippen molar-refractivity contribution < 1.29 is 24.2 Å². The number of aliphatic carboxylic acids is 1. The van der Waals surface area contributed by atoms with Gasteiger partial charge in [0.05, 0.1) is 0 Å². The maximum Gasteiger partial charge on any atom is 0.330 e. The van der Waals surface area contributed by atoms with E-state index in [1.54, 1.807) is 0 Å². The van der Waals surface area contributed by atoms with Crippen molar-refractivity contribution >= 4 is 17.9 Å². The molecule has 0 amide bonds. The monoisotopic (exact) mass is 232 g/mol. The maximum atomic E-state index is 11.1. The molecule has 0 fully saturated rings. The first-order valence-corrected chi connectivity index (χ1v) is 4.89. The molecule has 0 aliphatic carbocycles. The van der Waals surface area contributed by atoms with Crippen LogP contribution in [0, 0.1) is 0 Å². The van der Waals surface area contributed by atoms with Crippen LogP contribution in [0.3, 0.4) is 0 Å². The molecule has 0 aromatic rings. The molecule has 0 rings (SSSR count). The van der Waals surface area contributed by atoms with Gasteiger partial charge in [-0.3, -0.25) is 9.59 Å². The minimum Gasteiger partial charge on any atom is -0.481 e. The lowest BCUT2D eigenvalue weighted by Crippen LogP contribution is -2.34. The van der Waals surface area contributed by atoms with E-state index >= 15 is 0 Å². The molecule has 7 nitrogen and oxygen atoms in total. The Morgan fingerprint density at radius 1 is 1.25 bits per heavy atom. The van der Waals surface area contributed by atoms with Gasteiger partial charge in [-0.2, -0.15) is 0 Å². The van der Waals surface area contributed by atoms with Gasteiger partial charge < -0.3 is 21.3 Å². The van der Waals surface area contributed by atoms with Crippen molar-refractivity contribution in [3.8, 4) is 0 Å². The SMILES string of the molecule is NCCCC(=O)OC(=O)[C@@H](N)CCC(=O)O. The lowest BCUT2D eigenvalue weighted by molar-refractivity contribution is -0.160. The molecule has 0 aromatic heterocycles. The average molecular weight is 232 g/mol. The molecule has 0 aliphatic rings. The first-order chi connectivity index (χ1) is 7.47. The molecule has 7 heteroatoms. The van der Waals surface area contributed by atoms with Crippen molar-refractivity contribution in [2.24, 2.45) is 11.5 Å². The normalized spacial score (nSPS) is 11.9. The van der Waals surface area contributed by atoms with Crippen LogP contribution in [-0.4, -0.2) is 35.6 Å². The molecule has 0 unspecified atom stereocenters. The third-order valence-electron chi connectivity index (χ3n) is 1.77. The predicted molar refractivity (Wildman–Crippen MR) is 54.2 cm³/mol. The highest BCUT2D eigenvalue weighted by atomic mass is 16.6. The first-order valence-electron chi connectivity index (χ1n) is 4.89. The molecule has 0 bridgehead atoms. The zero-order valence-electron chi connectivity index (χ0n) is 8.85. The first kappa shape index (κ1) is 14.5. The molecule has 0 aliphatic heterocycles. The summed E-state index contributed by atoms with van der Waals surface area (Å²) in [6.45, 7) is 0.328. The number of hydrogen-bond donors (Lipinski definition) is 3. The number of carbonyl (C=O) groups is 3. The van der Waals surface area contributed by atoms with Gasteiger partial charge in [-0.1, -0.05) is 0 Å². The van der Waals surface area contributed by atoms with Gasteiger partial charge in [-0.25, -0.2) is 4.79 Å². The second-order valence-electron chi connectivity index (χ2n) is 3.22. The van der Waals surface area contributed by atoms with Crippen LogP contribution < -0.4 is 11.5 Å². The van der Waals surface area contributed by atoms with Crippen LogP contribution in [0.15, 0.2) is 0 Å². The molecule has 0 spiro atoms. The predicted octanol–water partition coefficient (Wildman–Crippen LogP) is -1.01. The minimum absolute atomic E-state index is 0.0495. The molecule has 1 atom stereocenters. The molecule has 0 aromatic carbocycles. The molecular weight excluding hydrogens is 216 g/mol. The van der Waals surface area contributed by atoms with Crippen LogP contribution >= 0.6 is 0 Å². The van der Waals surface area contributed by atoms with Gasteiger partial charge >= 0.3 is 17.9 Å². The fourth-order valence-electron chi connectivity index (χ4n) is 0.882. The summed E-state index contributed by atoms with van der Waals surface area (Å²) in [5.74, 6) is -2.65. The van der Waals surface area contributed by atoms with Gasteiger partial charge in [0.2, 0.25) is 0 Å². The highest BCUT2D eigenvalue weighted by Crippen LogP contribution is 1.99. The van der Waals surface area contributed by atoms with Gasteiger partial charge in [0, 0.05) is 12.8 Å². The molecular formula is C9H16N2O5. The Bertz CT molecular complexity index is 267. The van der Waals surface area contributed by atoms with Crippen molar-refractivity contribution in [3.63, 3.8) is 0 Å². The lowest BCUT2D eigenvalue weighted by atomic mass is 10.2. The summed E-state index contributed by atoms with van der Waals surface area (Å²) >= 11 is 0. The van der Waals surface area contributed by atoms with Crippen LogP contribution in [-0.2, 0) is 19.1 Å². The number of carbonyl (C=O) groups excluding carboxylic acids is 2. The van der Waals surface area contributed by atoms with Gasteiger partial charge in [-0.05, 0) is 19.4 Å². The van der Waals surface area contributed by atoms with Gasteiger partial charge in [0.25, 0.3) is 0 Å². The average Bonchev–Trinajstić information content (AvgIpc) is 2.22. The summed E-state index contributed by atoms with van der Waals surface area (Å²) in [5, 5.41) is 8.35. The number of esters is 2. The number of carboxylic acid groups (broad SMARTS) is 1. The second-order valence-corrected chi connectivity index (χ2v) is 3.22. The Kier molecular flexibility index (Phi) is 7.06. The van der Waals surface area contributed by atoms with Crippen molar-refractivity contribution in [1.29, 1.82) is 0 Å². The quantitative estimate of drug-likeness (QED) is 0.378. The molecule has 0 saturated heterocycles. The summed E-state index contributed by atoms with van der Waals surface area (Å²) in [5.41, 5.74) is 10.5. The Balaban J connectivity index is 3.86. The molecule has 0 saturated carbocycles. The summed E-state index contributed by atoms with van der Waals surface area (Å²) in [6.07, 6.45) is 0.177. The van der Waals surface area contributed by atoms with Gasteiger partial charge in [0.1, 0.15) is 6.04 Å². The van der Waals surface area contributed by atoms with E-state index in [4.69, 9.17) is 16.6 Å². The van der Waals surface area contributed by atoms with Crippen LogP contribution in [0.1, 0.15) is 25.7 Å². The third-order valence-corrected chi connectivity index (χ3v) is 1.77. The van der Waals surface area contributed by atoms with Crippen molar-refractivity contribution in [3.05, 3.63) is 0 Å². The molecule has 0 radical (unpaired) electrons. The maximum absolute atomic E-state index is 11.1. The van der Waals surface area contributed by atoms with Crippen molar-refractivity contribution in [1.82, 2.24) is 0 Å². The van der Waals surface area contributed by atoms with E-state index in [9.17, 15) is 14.4 Å². The Hall–Kier alpha value is -1.47. The summed E-state index contributed by atoms with van der Waals surface area (Å²) in [6, 6.07) is -1.09. The number of carboxylic acids is 1. The highest BCUT2D eigenvalue weighted by molar-refractivity contribution is 5.88. The molecule has 5 N–H and O–H groups in total. The van der Waals surface area contributed by atoms with Crippen LogP contribution in [0.25, 0.3) is 0 Å². The number of ether oxygens (including phenoxy) is 1. The van der Waals surface area contributed by atoms with E-state index in [0.717, 1.165) is 0 Å². The van der Waals surface area contributed by atoms with Gasteiger partial charge in [-0.15, -0.1) is 0 Å². The number of nitrogens with two attached hydrogens (primary N) is 2. The third kappa shape index (κ3) is 6.91.